The average molecular weight is 200 g/mol. The fraction of sp³-hybridized carbons (Fsp3) is 0.909. The Morgan fingerprint density at radius 1 is 1.21 bits per heavy atom. The molecule has 0 aromatic heterocycles. The topological polar surface area (TPSA) is 41.1 Å². The molecule has 0 saturated heterocycles. The Labute approximate surface area is 87.6 Å². The molecule has 0 aromatic carbocycles. The van der Waals surface area contributed by atoms with Gasteiger partial charge in [0.25, 0.3) is 0 Å². The van der Waals surface area contributed by atoms with Gasteiger partial charge in [0.15, 0.2) is 0 Å². The highest BCUT2D eigenvalue weighted by Crippen LogP contribution is 2.04. The SMILES string of the molecule is CCNC(=O)CCNCC(CC)CC. The number of amides is 1. The number of hydrogen-bond donors (Lipinski definition) is 2. The fourth-order valence-corrected chi connectivity index (χ4v) is 1.37. The summed E-state index contributed by atoms with van der Waals surface area (Å²) in [5, 5.41) is 6.10. The van der Waals surface area contributed by atoms with Gasteiger partial charge in [-0.2, -0.15) is 0 Å². The summed E-state index contributed by atoms with van der Waals surface area (Å²) in [4.78, 5) is 11.1. The Bertz CT molecular complexity index is 144. The molecule has 0 atom stereocenters. The molecule has 0 fully saturated rings. The summed E-state index contributed by atoms with van der Waals surface area (Å²) in [7, 11) is 0. The van der Waals surface area contributed by atoms with Crippen molar-refractivity contribution in [1.29, 1.82) is 0 Å². The molecular formula is C11H24N2O. The maximum absolute atomic E-state index is 11.1. The first-order valence-corrected chi connectivity index (χ1v) is 5.71. The highest BCUT2D eigenvalue weighted by atomic mass is 16.1. The van der Waals surface area contributed by atoms with Crippen LogP contribution >= 0.6 is 0 Å². The van der Waals surface area contributed by atoms with Gasteiger partial charge in [0.1, 0.15) is 0 Å². The Morgan fingerprint density at radius 2 is 1.86 bits per heavy atom. The molecule has 1 amide bonds. The number of carbonyl (C=O) groups excluding carboxylic acids is 1. The van der Waals surface area contributed by atoms with Crippen molar-refractivity contribution >= 4 is 5.91 Å². The summed E-state index contributed by atoms with van der Waals surface area (Å²) in [6.45, 7) is 8.91. The molecule has 0 aromatic rings. The molecule has 0 aliphatic heterocycles. The van der Waals surface area contributed by atoms with Gasteiger partial charge in [-0.1, -0.05) is 26.7 Å². The molecule has 0 aliphatic rings. The molecule has 84 valence electrons. The molecule has 0 aliphatic carbocycles. The largest absolute Gasteiger partial charge is 0.356 e. The molecule has 0 rings (SSSR count). The van der Waals surface area contributed by atoms with Crippen LogP contribution in [0.1, 0.15) is 40.0 Å². The normalized spacial score (nSPS) is 10.6. The molecule has 0 spiro atoms. The number of carbonyl (C=O) groups is 1. The van der Waals surface area contributed by atoms with Crippen molar-refractivity contribution in [2.45, 2.75) is 40.0 Å². The molecule has 3 heteroatoms. The van der Waals surface area contributed by atoms with Gasteiger partial charge in [0.05, 0.1) is 0 Å². The minimum absolute atomic E-state index is 0.143. The van der Waals surface area contributed by atoms with Crippen LogP contribution in [0.25, 0.3) is 0 Å². The van der Waals surface area contributed by atoms with E-state index in [4.69, 9.17) is 0 Å². The van der Waals surface area contributed by atoms with E-state index in [1.54, 1.807) is 0 Å². The van der Waals surface area contributed by atoms with Crippen molar-refractivity contribution < 1.29 is 4.79 Å². The van der Waals surface area contributed by atoms with Gasteiger partial charge in [-0.05, 0) is 19.4 Å². The summed E-state index contributed by atoms with van der Waals surface area (Å²) in [6, 6.07) is 0. The van der Waals surface area contributed by atoms with E-state index >= 15 is 0 Å². The van der Waals surface area contributed by atoms with E-state index in [-0.39, 0.29) is 5.91 Å². The second-order valence-electron chi connectivity index (χ2n) is 3.59. The van der Waals surface area contributed by atoms with E-state index in [0.29, 0.717) is 6.42 Å². The maximum atomic E-state index is 11.1. The van der Waals surface area contributed by atoms with Crippen molar-refractivity contribution in [2.75, 3.05) is 19.6 Å². The average Bonchev–Trinajstić information content (AvgIpc) is 2.19. The minimum atomic E-state index is 0.143. The highest BCUT2D eigenvalue weighted by Gasteiger charge is 2.03. The van der Waals surface area contributed by atoms with Gasteiger partial charge in [0, 0.05) is 19.5 Å². The third-order valence-corrected chi connectivity index (χ3v) is 2.49. The molecule has 0 radical (unpaired) electrons. The summed E-state index contributed by atoms with van der Waals surface area (Å²) < 4.78 is 0. The lowest BCUT2D eigenvalue weighted by Gasteiger charge is -2.12. The molecule has 0 unspecified atom stereocenters. The van der Waals surface area contributed by atoms with Crippen LogP contribution in [0.15, 0.2) is 0 Å². The van der Waals surface area contributed by atoms with Crippen molar-refractivity contribution in [3.05, 3.63) is 0 Å². The van der Waals surface area contributed by atoms with Gasteiger partial charge in [-0.3, -0.25) is 4.79 Å². The lowest BCUT2D eigenvalue weighted by molar-refractivity contribution is -0.120. The molecule has 14 heavy (non-hydrogen) atoms. The minimum Gasteiger partial charge on any atom is -0.356 e. The van der Waals surface area contributed by atoms with Crippen LogP contribution in [0.5, 0.6) is 0 Å². The van der Waals surface area contributed by atoms with Crippen LogP contribution < -0.4 is 10.6 Å². The summed E-state index contributed by atoms with van der Waals surface area (Å²) in [5.41, 5.74) is 0. The van der Waals surface area contributed by atoms with Gasteiger partial charge in [0.2, 0.25) is 5.91 Å². The Balaban J connectivity index is 3.32. The molecule has 3 nitrogen and oxygen atoms in total. The van der Waals surface area contributed by atoms with Gasteiger partial charge >= 0.3 is 0 Å². The van der Waals surface area contributed by atoms with Crippen LogP contribution in [0, 0.1) is 5.92 Å². The number of rotatable bonds is 8. The van der Waals surface area contributed by atoms with Gasteiger partial charge in [-0.25, -0.2) is 0 Å². The van der Waals surface area contributed by atoms with E-state index in [2.05, 4.69) is 24.5 Å². The predicted molar refractivity (Wildman–Crippen MR) is 60.2 cm³/mol. The Hall–Kier alpha value is -0.570. The first-order chi connectivity index (χ1) is 6.74. The Morgan fingerprint density at radius 3 is 2.36 bits per heavy atom. The number of nitrogens with one attached hydrogen (secondary N) is 2. The van der Waals surface area contributed by atoms with Crippen LogP contribution in [-0.4, -0.2) is 25.5 Å². The van der Waals surface area contributed by atoms with Gasteiger partial charge in [-0.15, -0.1) is 0 Å². The lowest BCUT2D eigenvalue weighted by atomic mass is 10.0. The lowest BCUT2D eigenvalue weighted by Crippen LogP contribution is -2.29. The van der Waals surface area contributed by atoms with E-state index in [1.165, 1.54) is 12.8 Å². The van der Waals surface area contributed by atoms with E-state index in [1.807, 2.05) is 6.92 Å². The monoisotopic (exact) mass is 200 g/mol. The summed E-state index contributed by atoms with van der Waals surface area (Å²) >= 11 is 0. The summed E-state index contributed by atoms with van der Waals surface area (Å²) in [5.74, 6) is 0.897. The van der Waals surface area contributed by atoms with Crippen molar-refractivity contribution in [3.63, 3.8) is 0 Å². The molecule has 0 heterocycles. The van der Waals surface area contributed by atoms with Crippen molar-refractivity contribution in [1.82, 2.24) is 10.6 Å². The van der Waals surface area contributed by atoms with Crippen LogP contribution in [0.2, 0.25) is 0 Å². The third kappa shape index (κ3) is 6.89. The fourth-order valence-electron chi connectivity index (χ4n) is 1.37. The maximum Gasteiger partial charge on any atom is 0.221 e. The van der Waals surface area contributed by atoms with Crippen molar-refractivity contribution in [2.24, 2.45) is 5.92 Å². The number of hydrogen-bond acceptors (Lipinski definition) is 2. The molecular weight excluding hydrogens is 176 g/mol. The molecule has 0 saturated carbocycles. The zero-order valence-electron chi connectivity index (χ0n) is 9.73. The van der Waals surface area contributed by atoms with E-state index in [0.717, 1.165) is 25.6 Å². The second kappa shape index (κ2) is 9.00. The summed E-state index contributed by atoms with van der Waals surface area (Å²) in [6.07, 6.45) is 3.02. The van der Waals surface area contributed by atoms with E-state index in [9.17, 15) is 4.79 Å². The zero-order chi connectivity index (χ0) is 10.8. The quantitative estimate of drug-likeness (QED) is 0.584. The molecule has 2 N–H and O–H groups in total. The van der Waals surface area contributed by atoms with Crippen LogP contribution in [0.4, 0.5) is 0 Å². The van der Waals surface area contributed by atoms with Crippen LogP contribution in [-0.2, 0) is 4.79 Å². The molecule has 0 bridgehead atoms. The van der Waals surface area contributed by atoms with Crippen molar-refractivity contribution in [3.8, 4) is 0 Å². The second-order valence-corrected chi connectivity index (χ2v) is 3.59. The van der Waals surface area contributed by atoms with Crippen LogP contribution in [0.3, 0.4) is 0 Å². The first-order valence-electron chi connectivity index (χ1n) is 5.71. The predicted octanol–water partition coefficient (Wildman–Crippen LogP) is 1.54. The standard InChI is InChI=1S/C11H24N2O/c1-4-10(5-2)9-12-8-7-11(14)13-6-3/h10,12H,4-9H2,1-3H3,(H,13,14). The highest BCUT2D eigenvalue weighted by molar-refractivity contribution is 5.75. The third-order valence-electron chi connectivity index (χ3n) is 2.49. The zero-order valence-corrected chi connectivity index (χ0v) is 9.73. The smallest absolute Gasteiger partial charge is 0.221 e. The Kier molecular flexibility index (Phi) is 8.64. The van der Waals surface area contributed by atoms with Gasteiger partial charge < -0.3 is 10.6 Å². The van der Waals surface area contributed by atoms with E-state index < -0.39 is 0 Å². The first kappa shape index (κ1) is 13.4.